The summed E-state index contributed by atoms with van der Waals surface area (Å²) >= 11 is 2.17. The Morgan fingerprint density at radius 2 is 1.83 bits per heavy atom. The third kappa shape index (κ3) is 2.30. The summed E-state index contributed by atoms with van der Waals surface area (Å²) in [6, 6.07) is 0. The van der Waals surface area contributed by atoms with Gasteiger partial charge >= 0.3 is 0 Å². The van der Waals surface area contributed by atoms with Crippen molar-refractivity contribution in [3.05, 3.63) is 44.9 Å². The van der Waals surface area contributed by atoms with Crippen molar-refractivity contribution in [3.63, 3.8) is 0 Å². The number of allylic oxidation sites excluding steroid dienone is 8. The highest BCUT2D eigenvalue weighted by molar-refractivity contribution is 14.1. The predicted octanol–water partition coefficient (Wildman–Crippen LogP) is 4.06. The average Bonchev–Trinajstić information content (AvgIpc) is 2.07. The van der Waals surface area contributed by atoms with E-state index in [0.29, 0.717) is 5.57 Å². The van der Waals surface area contributed by atoms with Gasteiger partial charge in [0.25, 0.3) is 0 Å². The summed E-state index contributed by atoms with van der Waals surface area (Å²) < 4.78 is 14.2. The van der Waals surface area contributed by atoms with Crippen LogP contribution in [0.4, 0.5) is 4.39 Å². The fourth-order valence-electron chi connectivity index (χ4n) is 0.851. The maximum absolute atomic E-state index is 13.2. The fourth-order valence-corrected chi connectivity index (χ4v) is 1.21. The SMILES string of the molecule is CC1=C/C=C(I)\C=C/C(F)=C1C. The van der Waals surface area contributed by atoms with Crippen molar-refractivity contribution in [2.75, 3.05) is 0 Å². The summed E-state index contributed by atoms with van der Waals surface area (Å²) in [6.45, 7) is 3.70. The first-order valence-electron chi connectivity index (χ1n) is 3.70. The molecule has 0 amide bonds. The van der Waals surface area contributed by atoms with Crippen LogP contribution in [0.15, 0.2) is 44.9 Å². The van der Waals surface area contributed by atoms with Gasteiger partial charge in [0.05, 0.1) is 0 Å². The van der Waals surface area contributed by atoms with Crippen molar-refractivity contribution >= 4 is 22.6 Å². The normalized spacial score (nSPS) is 25.3. The average molecular weight is 276 g/mol. The predicted molar refractivity (Wildman–Crippen MR) is 58.8 cm³/mol. The number of hydrogen-bond donors (Lipinski definition) is 0. The van der Waals surface area contributed by atoms with E-state index < -0.39 is 0 Å². The number of halogens is 2. The first-order valence-corrected chi connectivity index (χ1v) is 4.78. The van der Waals surface area contributed by atoms with E-state index >= 15 is 0 Å². The monoisotopic (exact) mass is 276 g/mol. The van der Waals surface area contributed by atoms with Crippen LogP contribution in [0, 0.1) is 0 Å². The van der Waals surface area contributed by atoms with E-state index in [1.807, 2.05) is 19.1 Å². The Hall–Kier alpha value is -0.380. The van der Waals surface area contributed by atoms with Gasteiger partial charge in [0, 0.05) is 3.58 Å². The molecule has 12 heavy (non-hydrogen) atoms. The van der Waals surface area contributed by atoms with Gasteiger partial charge in [0.15, 0.2) is 0 Å². The first kappa shape index (κ1) is 9.71. The molecule has 0 radical (unpaired) electrons. The Morgan fingerprint density at radius 3 is 2.50 bits per heavy atom. The minimum Gasteiger partial charge on any atom is -0.207 e. The standard InChI is InChI=1S/C10H10FI/c1-7-3-4-9(12)5-6-10(11)8(7)2/h3-6H,1-2H3/b4-3?,6-5-,7-3?,8-7?,9-4+,9-5?,10-6?,10-8?. The van der Waals surface area contributed by atoms with Gasteiger partial charge in [-0.3, -0.25) is 0 Å². The Balaban J connectivity index is 3.12. The third-order valence-electron chi connectivity index (χ3n) is 1.83. The molecule has 2 heteroatoms. The molecule has 0 nitrogen and oxygen atoms in total. The van der Waals surface area contributed by atoms with Crippen LogP contribution in [0.25, 0.3) is 0 Å². The van der Waals surface area contributed by atoms with Gasteiger partial charge in [-0.2, -0.15) is 0 Å². The molecule has 0 unspecified atom stereocenters. The molecule has 1 aliphatic carbocycles. The Kier molecular flexibility index (Phi) is 3.26. The third-order valence-corrected chi connectivity index (χ3v) is 2.55. The van der Waals surface area contributed by atoms with Crippen molar-refractivity contribution in [2.24, 2.45) is 0 Å². The van der Waals surface area contributed by atoms with Crippen molar-refractivity contribution in [3.8, 4) is 0 Å². The molecule has 0 bridgehead atoms. The van der Waals surface area contributed by atoms with Gasteiger partial charge in [-0.05, 0) is 65.8 Å². The van der Waals surface area contributed by atoms with Gasteiger partial charge in [0.2, 0.25) is 0 Å². The lowest BCUT2D eigenvalue weighted by Gasteiger charge is -2.03. The minimum atomic E-state index is -0.147. The summed E-state index contributed by atoms with van der Waals surface area (Å²) in [5.41, 5.74) is 1.69. The molecule has 0 aromatic rings. The summed E-state index contributed by atoms with van der Waals surface area (Å²) in [5, 5.41) is 0. The lowest BCUT2D eigenvalue weighted by molar-refractivity contribution is 0.656. The van der Waals surface area contributed by atoms with Crippen LogP contribution in [0.1, 0.15) is 13.8 Å². The molecule has 0 saturated carbocycles. The van der Waals surface area contributed by atoms with E-state index in [2.05, 4.69) is 22.6 Å². The molecule has 0 saturated heterocycles. The van der Waals surface area contributed by atoms with Crippen LogP contribution in [0.3, 0.4) is 0 Å². The van der Waals surface area contributed by atoms with Crippen molar-refractivity contribution < 1.29 is 4.39 Å². The molecule has 0 spiro atoms. The molecule has 1 rings (SSSR count). The highest BCUT2D eigenvalue weighted by atomic mass is 127. The Bertz CT molecular complexity index is 306. The molecule has 0 heterocycles. The summed E-state index contributed by atoms with van der Waals surface area (Å²) in [7, 11) is 0. The number of rotatable bonds is 0. The first-order chi connectivity index (χ1) is 5.61. The van der Waals surface area contributed by atoms with Crippen LogP contribution in [0.2, 0.25) is 0 Å². The van der Waals surface area contributed by atoms with E-state index in [9.17, 15) is 4.39 Å². The molecular weight excluding hydrogens is 266 g/mol. The topological polar surface area (TPSA) is 0 Å². The van der Waals surface area contributed by atoms with Crippen LogP contribution >= 0.6 is 22.6 Å². The van der Waals surface area contributed by atoms with E-state index in [0.717, 1.165) is 9.15 Å². The highest BCUT2D eigenvalue weighted by Crippen LogP contribution is 2.21. The quantitative estimate of drug-likeness (QED) is 0.585. The molecule has 0 fully saturated rings. The lowest BCUT2D eigenvalue weighted by Crippen LogP contribution is -1.84. The van der Waals surface area contributed by atoms with Crippen LogP contribution in [-0.4, -0.2) is 0 Å². The second-order valence-electron chi connectivity index (χ2n) is 2.71. The smallest absolute Gasteiger partial charge is 0.126 e. The minimum absolute atomic E-state index is 0.147. The molecule has 0 N–H and O–H groups in total. The largest absolute Gasteiger partial charge is 0.207 e. The second kappa shape index (κ2) is 4.03. The second-order valence-corrected chi connectivity index (χ2v) is 3.95. The Morgan fingerprint density at radius 1 is 1.17 bits per heavy atom. The highest BCUT2D eigenvalue weighted by Gasteiger charge is 2.01. The van der Waals surface area contributed by atoms with Crippen LogP contribution in [0.5, 0.6) is 0 Å². The van der Waals surface area contributed by atoms with Crippen LogP contribution in [-0.2, 0) is 0 Å². The molecule has 0 aromatic carbocycles. The molecule has 0 aromatic heterocycles. The van der Waals surface area contributed by atoms with Crippen molar-refractivity contribution in [1.82, 2.24) is 0 Å². The lowest BCUT2D eigenvalue weighted by atomic mass is 10.1. The van der Waals surface area contributed by atoms with Gasteiger partial charge in [0.1, 0.15) is 5.83 Å². The van der Waals surface area contributed by atoms with E-state index in [4.69, 9.17) is 0 Å². The maximum atomic E-state index is 13.2. The van der Waals surface area contributed by atoms with Crippen molar-refractivity contribution in [2.45, 2.75) is 13.8 Å². The van der Waals surface area contributed by atoms with Gasteiger partial charge < -0.3 is 0 Å². The Labute approximate surface area is 85.7 Å². The van der Waals surface area contributed by atoms with E-state index in [1.165, 1.54) is 6.08 Å². The molecular formula is C10H10FI. The fraction of sp³-hybridized carbons (Fsp3) is 0.200. The zero-order valence-corrected chi connectivity index (χ0v) is 9.22. The summed E-state index contributed by atoms with van der Waals surface area (Å²) in [6.07, 6.45) is 7.18. The van der Waals surface area contributed by atoms with Crippen LogP contribution < -0.4 is 0 Å². The molecule has 0 atom stereocenters. The molecule has 64 valence electrons. The zero-order chi connectivity index (χ0) is 9.14. The summed E-state index contributed by atoms with van der Waals surface area (Å²) in [4.78, 5) is 0. The van der Waals surface area contributed by atoms with Gasteiger partial charge in [-0.15, -0.1) is 0 Å². The van der Waals surface area contributed by atoms with Crippen molar-refractivity contribution in [1.29, 1.82) is 0 Å². The van der Waals surface area contributed by atoms with Gasteiger partial charge in [-0.1, -0.05) is 6.08 Å². The zero-order valence-electron chi connectivity index (χ0n) is 7.07. The van der Waals surface area contributed by atoms with E-state index in [1.54, 1.807) is 13.0 Å². The number of hydrogen-bond acceptors (Lipinski definition) is 0. The maximum Gasteiger partial charge on any atom is 0.126 e. The molecule has 0 aliphatic heterocycles. The molecule has 1 aliphatic rings. The van der Waals surface area contributed by atoms with E-state index in [-0.39, 0.29) is 5.83 Å². The van der Waals surface area contributed by atoms with Gasteiger partial charge in [-0.25, -0.2) is 4.39 Å². The summed E-state index contributed by atoms with van der Waals surface area (Å²) in [5.74, 6) is -0.147.